The monoisotopic (exact) mass is 395 g/mol. The van der Waals surface area contributed by atoms with Crippen molar-refractivity contribution in [2.75, 3.05) is 5.32 Å². The van der Waals surface area contributed by atoms with Crippen molar-refractivity contribution in [2.24, 2.45) is 0 Å². The van der Waals surface area contributed by atoms with Gasteiger partial charge in [0.2, 0.25) is 0 Å². The summed E-state index contributed by atoms with van der Waals surface area (Å²) in [7, 11) is 0. The van der Waals surface area contributed by atoms with Crippen molar-refractivity contribution >= 4 is 44.6 Å². The number of hydrogen-bond donors (Lipinski definition) is 1. The van der Waals surface area contributed by atoms with Gasteiger partial charge in [-0.3, -0.25) is 9.48 Å². The van der Waals surface area contributed by atoms with E-state index in [9.17, 15) is 4.79 Å². The highest BCUT2D eigenvalue weighted by Crippen LogP contribution is 2.36. The van der Waals surface area contributed by atoms with Crippen molar-refractivity contribution in [1.29, 1.82) is 0 Å². The first-order chi connectivity index (χ1) is 13.0. The Morgan fingerprint density at radius 2 is 1.81 bits per heavy atom. The maximum Gasteiger partial charge on any atom is 0.267 e. The van der Waals surface area contributed by atoms with E-state index >= 15 is 0 Å². The molecule has 2 heterocycles. The van der Waals surface area contributed by atoms with Gasteiger partial charge in [0, 0.05) is 10.1 Å². The molecule has 0 saturated carbocycles. The quantitative estimate of drug-likeness (QED) is 0.484. The zero-order valence-corrected chi connectivity index (χ0v) is 16.6. The number of nitrogens with one attached hydrogen (secondary N) is 1. The molecule has 6 heteroatoms. The second-order valence-corrected chi connectivity index (χ2v) is 7.81. The second kappa shape index (κ2) is 7.18. The molecule has 4 nitrogen and oxygen atoms in total. The summed E-state index contributed by atoms with van der Waals surface area (Å²) >= 11 is 7.84. The fourth-order valence-electron chi connectivity index (χ4n) is 3.12. The van der Waals surface area contributed by atoms with Crippen LogP contribution in [0.2, 0.25) is 5.02 Å². The maximum atomic E-state index is 12.9. The molecular weight excluding hydrogens is 378 g/mol. The van der Waals surface area contributed by atoms with Crippen molar-refractivity contribution < 1.29 is 4.79 Å². The molecule has 0 unspecified atom stereocenters. The summed E-state index contributed by atoms with van der Waals surface area (Å²) in [6.07, 6.45) is 0. The predicted molar refractivity (Wildman–Crippen MR) is 112 cm³/mol. The van der Waals surface area contributed by atoms with Crippen LogP contribution in [-0.2, 0) is 6.54 Å². The van der Waals surface area contributed by atoms with E-state index in [0.717, 1.165) is 32.7 Å². The zero-order valence-electron chi connectivity index (χ0n) is 15.0. The molecule has 0 aliphatic carbocycles. The third-order valence-electron chi connectivity index (χ3n) is 4.54. The van der Waals surface area contributed by atoms with Crippen LogP contribution in [0.3, 0.4) is 0 Å². The van der Waals surface area contributed by atoms with E-state index in [4.69, 9.17) is 11.6 Å². The molecule has 0 spiro atoms. The van der Waals surface area contributed by atoms with Crippen LogP contribution in [0, 0.1) is 13.8 Å². The minimum atomic E-state index is -0.202. The predicted octanol–water partition coefficient (Wildman–Crippen LogP) is 5.67. The summed E-state index contributed by atoms with van der Waals surface area (Å²) < 4.78 is 2.91. The van der Waals surface area contributed by atoms with Gasteiger partial charge < -0.3 is 5.32 Å². The Balaban J connectivity index is 1.62. The van der Waals surface area contributed by atoms with Crippen molar-refractivity contribution in [3.63, 3.8) is 0 Å². The number of hydrogen-bond acceptors (Lipinski definition) is 3. The summed E-state index contributed by atoms with van der Waals surface area (Å²) in [5, 5.41) is 9.00. The van der Waals surface area contributed by atoms with Crippen LogP contribution in [0.5, 0.6) is 0 Å². The Bertz CT molecular complexity index is 1130. The number of thiophene rings is 1. The van der Waals surface area contributed by atoms with E-state index in [2.05, 4.69) is 22.5 Å². The Morgan fingerprint density at radius 1 is 1.11 bits per heavy atom. The van der Waals surface area contributed by atoms with Crippen molar-refractivity contribution in [1.82, 2.24) is 9.78 Å². The summed E-state index contributed by atoms with van der Waals surface area (Å²) in [5.74, 6) is -0.202. The Kier molecular flexibility index (Phi) is 4.72. The molecular formula is C21H18ClN3OS. The molecule has 27 heavy (non-hydrogen) atoms. The standard InChI is InChI=1S/C21H18ClN3OS/c1-13-19(14(2)25(24-13)12-15-8-4-3-5-9-15)23-21(26)20-18(22)16-10-6-7-11-17(16)27-20/h3-11H,12H2,1-2H3,(H,23,26). The highest BCUT2D eigenvalue weighted by Gasteiger charge is 2.20. The zero-order chi connectivity index (χ0) is 19.0. The second-order valence-electron chi connectivity index (χ2n) is 6.38. The fourth-order valence-corrected chi connectivity index (χ4v) is 4.53. The minimum Gasteiger partial charge on any atom is -0.318 e. The van der Waals surface area contributed by atoms with Crippen LogP contribution in [-0.4, -0.2) is 15.7 Å². The average Bonchev–Trinajstić information content (AvgIpc) is 3.15. The van der Waals surface area contributed by atoms with Gasteiger partial charge in [0.15, 0.2) is 0 Å². The summed E-state index contributed by atoms with van der Waals surface area (Å²) in [6, 6.07) is 17.9. The first kappa shape index (κ1) is 17.8. The fraction of sp³-hybridized carbons (Fsp3) is 0.143. The molecule has 0 radical (unpaired) electrons. The maximum absolute atomic E-state index is 12.9. The normalized spacial score (nSPS) is 11.1. The van der Waals surface area contributed by atoms with Gasteiger partial charge in [-0.15, -0.1) is 11.3 Å². The number of halogens is 1. The summed E-state index contributed by atoms with van der Waals surface area (Å²) in [6.45, 7) is 4.52. The van der Waals surface area contributed by atoms with Gasteiger partial charge >= 0.3 is 0 Å². The Hall–Kier alpha value is -2.63. The van der Waals surface area contributed by atoms with Gasteiger partial charge in [0.25, 0.3) is 5.91 Å². The topological polar surface area (TPSA) is 46.9 Å². The van der Waals surface area contributed by atoms with Gasteiger partial charge in [-0.25, -0.2) is 0 Å². The SMILES string of the molecule is Cc1nn(Cc2ccccc2)c(C)c1NC(=O)c1sc2ccccc2c1Cl. The van der Waals surface area contributed by atoms with Crippen LogP contribution in [0.4, 0.5) is 5.69 Å². The lowest BCUT2D eigenvalue weighted by atomic mass is 10.2. The lowest BCUT2D eigenvalue weighted by molar-refractivity contribution is 0.103. The van der Waals surface area contributed by atoms with Gasteiger partial charge in [-0.1, -0.05) is 60.1 Å². The molecule has 0 aliphatic heterocycles. The smallest absolute Gasteiger partial charge is 0.267 e. The van der Waals surface area contributed by atoms with Crippen LogP contribution in [0.25, 0.3) is 10.1 Å². The number of anilines is 1. The van der Waals surface area contributed by atoms with Crippen LogP contribution in [0.15, 0.2) is 54.6 Å². The van der Waals surface area contributed by atoms with Crippen molar-refractivity contribution in [3.05, 3.63) is 81.4 Å². The first-order valence-electron chi connectivity index (χ1n) is 8.61. The summed E-state index contributed by atoms with van der Waals surface area (Å²) in [5.41, 5.74) is 3.61. The molecule has 1 amide bonds. The van der Waals surface area contributed by atoms with Gasteiger partial charge in [-0.05, 0) is 25.5 Å². The number of aromatic nitrogens is 2. The largest absolute Gasteiger partial charge is 0.318 e. The number of amides is 1. The summed E-state index contributed by atoms with van der Waals surface area (Å²) in [4.78, 5) is 13.4. The third-order valence-corrected chi connectivity index (χ3v) is 6.21. The number of carbonyl (C=O) groups excluding carboxylic acids is 1. The number of carbonyl (C=O) groups is 1. The average molecular weight is 396 g/mol. The molecule has 0 fully saturated rings. The van der Waals surface area contributed by atoms with Gasteiger partial charge in [0.05, 0.1) is 28.6 Å². The van der Waals surface area contributed by atoms with E-state index in [1.807, 2.05) is 61.0 Å². The van der Waals surface area contributed by atoms with E-state index in [0.29, 0.717) is 16.4 Å². The minimum absolute atomic E-state index is 0.202. The first-order valence-corrected chi connectivity index (χ1v) is 9.80. The molecule has 2 aromatic heterocycles. The molecule has 4 aromatic rings. The highest BCUT2D eigenvalue weighted by molar-refractivity contribution is 7.21. The lowest BCUT2D eigenvalue weighted by Crippen LogP contribution is -2.12. The Morgan fingerprint density at radius 3 is 2.56 bits per heavy atom. The van der Waals surface area contributed by atoms with E-state index in [-0.39, 0.29) is 5.91 Å². The van der Waals surface area contributed by atoms with Crippen LogP contribution in [0.1, 0.15) is 26.6 Å². The molecule has 0 aliphatic rings. The molecule has 1 N–H and O–H groups in total. The molecule has 2 aromatic carbocycles. The number of benzene rings is 2. The van der Waals surface area contributed by atoms with Crippen molar-refractivity contribution in [3.8, 4) is 0 Å². The van der Waals surface area contributed by atoms with Crippen LogP contribution < -0.4 is 5.32 Å². The van der Waals surface area contributed by atoms with Gasteiger partial charge in [0.1, 0.15) is 4.88 Å². The number of nitrogens with zero attached hydrogens (tertiary/aromatic N) is 2. The lowest BCUT2D eigenvalue weighted by Gasteiger charge is -2.07. The number of fused-ring (bicyclic) bond motifs is 1. The van der Waals surface area contributed by atoms with Crippen molar-refractivity contribution in [2.45, 2.75) is 20.4 Å². The molecule has 0 atom stereocenters. The number of aryl methyl sites for hydroxylation is 1. The third kappa shape index (κ3) is 3.36. The van der Waals surface area contributed by atoms with E-state index < -0.39 is 0 Å². The Labute approximate surface area is 166 Å². The van der Waals surface area contributed by atoms with E-state index in [1.165, 1.54) is 11.3 Å². The van der Waals surface area contributed by atoms with Crippen LogP contribution >= 0.6 is 22.9 Å². The van der Waals surface area contributed by atoms with E-state index in [1.54, 1.807) is 0 Å². The molecule has 0 saturated heterocycles. The molecule has 0 bridgehead atoms. The molecule has 136 valence electrons. The van der Waals surface area contributed by atoms with Gasteiger partial charge in [-0.2, -0.15) is 5.10 Å². The molecule has 4 rings (SSSR count). The number of rotatable bonds is 4. The highest BCUT2D eigenvalue weighted by atomic mass is 35.5.